The van der Waals surface area contributed by atoms with Crippen LogP contribution in [0.1, 0.15) is 30.9 Å². The van der Waals surface area contributed by atoms with Crippen LogP contribution in [0.2, 0.25) is 0 Å². The second kappa shape index (κ2) is 9.67. The molecule has 0 bridgehead atoms. The van der Waals surface area contributed by atoms with E-state index >= 15 is 0 Å². The number of ether oxygens (including phenoxy) is 1. The zero-order valence-electron chi connectivity index (χ0n) is 15.6. The van der Waals surface area contributed by atoms with E-state index in [1.54, 1.807) is 24.3 Å². The summed E-state index contributed by atoms with van der Waals surface area (Å²) in [4.78, 5) is 18.6. The number of aryl methyl sites for hydroxylation is 2. The van der Waals surface area contributed by atoms with E-state index in [1.165, 1.54) is 5.56 Å². The molecule has 1 unspecified atom stereocenters. The Hall–Kier alpha value is -1.70. The van der Waals surface area contributed by atoms with Gasteiger partial charge in [0.2, 0.25) is 0 Å². The molecule has 2 aromatic carbocycles. The van der Waals surface area contributed by atoms with E-state index in [0.717, 1.165) is 18.4 Å². The van der Waals surface area contributed by atoms with E-state index in [0.29, 0.717) is 11.5 Å². The van der Waals surface area contributed by atoms with Crippen LogP contribution in [0.25, 0.3) is 0 Å². The van der Waals surface area contributed by atoms with Crippen molar-refractivity contribution in [1.82, 2.24) is 0 Å². The Kier molecular flexibility index (Phi) is 7.80. The van der Waals surface area contributed by atoms with Gasteiger partial charge in [-0.25, -0.2) is 0 Å². The predicted molar refractivity (Wildman–Crippen MR) is 108 cm³/mol. The van der Waals surface area contributed by atoms with Crippen LogP contribution in [0.4, 0.5) is 0 Å². The highest BCUT2D eigenvalue weighted by Crippen LogP contribution is 2.44. The van der Waals surface area contributed by atoms with Gasteiger partial charge < -0.3 is 14.5 Å². The molecule has 0 fully saturated rings. The molecule has 28 heavy (non-hydrogen) atoms. The molecule has 0 aromatic heterocycles. The molecule has 3 N–H and O–H groups in total. The molecule has 7 nitrogen and oxygen atoms in total. The van der Waals surface area contributed by atoms with Gasteiger partial charge in [0.25, 0.3) is 10.1 Å². The second-order valence-corrected chi connectivity index (χ2v) is 10.1. The molecular weight excluding hydrogens is 403 g/mol. The molecule has 1 atom stereocenters. The predicted octanol–water partition coefficient (Wildman–Crippen LogP) is 3.80. The largest absolute Gasteiger partial charge is 0.457 e. The van der Waals surface area contributed by atoms with Crippen LogP contribution in [-0.2, 0) is 27.5 Å². The Morgan fingerprint density at radius 3 is 1.79 bits per heavy atom. The van der Waals surface area contributed by atoms with Gasteiger partial charge in [0, 0.05) is 0 Å². The van der Waals surface area contributed by atoms with Crippen molar-refractivity contribution in [2.75, 3.05) is 5.75 Å². The van der Waals surface area contributed by atoms with Gasteiger partial charge in [-0.3, -0.25) is 9.12 Å². The highest BCUT2D eigenvalue weighted by atomic mass is 32.2. The van der Waals surface area contributed by atoms with Crippen LogP contribution in [0.15, 0.2) is 48.5 Å². The summed E-state index contributed by atoms with van der Waals surface area (Å²) in [6.07, 6.45) is 2.29. The maximum Gasteiger partial charge on any atom is 0.329 e. The van der Waals surface area contributed by atoms with Crippen LogP contribution in [0.5, 0.6) is 11.5 Å². The van der Waals surface area contributed by atoms with E-state index in [-0.39, 0.29) is 12.8 Å². The van der Waals surface area contributed by atoms with Crippen molar-refractivity contribution >= 4 is 17.7 Å². The van der Waals surface area contributed by atoms with Gasteiger partial charge in [-0.1, -0.05) is 37.6 Å². The fourth-order valence-electron chi connectivity index (χ4n) is 2.80. The van der Waals surface area contributed by atoms with Gasteiger partial charge in [-0.15, -0.1) is 0 Å². The van der Waals surface area contributed by atoms with Gasteiger partial charge in [0.1, 0.15) is 11.5 Å². The van der Waals surface area contributed by atoms with Crippen LogP contribution in [-0.4, -0.2) is 34.2 Å². The summed E-state index contributed by atoms with van der Waals surface area (Å²) in [6, 6.07) is 14.8. The molecule has 0 aliphatic carbocycles. The third-order valence-corrected chi connectivity index (χ3v) is 6.73. The average molecular weight is 428 g/mol. The van der Waals surface area contributed by atoms with E-state index in [2.05, 4.69) is 6.92 Å². The monoisotopic (exact) mass is 428 g/mol. The van der Waals surface area contributed by atoms with Crippen molar-refractivity contribution in [3.63, 3.8) is 0 Å². The molecule has 0 heterocycles. The van der Waals surface area contributed by atoms with E-state index < -0.39 is 29.1 Å². The second-order valence-electron chi connectivity index (χ2n) is 6.67. The van der Waals surface area contributed by atoms with Crippen molar-refractivity contribution < 1.29 is 32.1 Å². The fraction of sp³-hybridized carbons (Fsp3) is 0.368. The topological polar surface area (TPSA) is 121 Å². The number of benzene rings is 2. The third kappa shape index (κ3) is 7.73. The van der Waals surface area contributed by atoms with Crippen LogP contribution in [0, 0.1) is 0 Å². The number of hydrogen-bond donors (Lipinski definition) is 3. The van der Waals surface area contributed by atoms with E-state index in [9.17, 15) is 22.8 Å². The summed E-state index contributed by atoms with van der Waals surface area (Å²) in [5.41, 5.74) is 0.578. The molecule has 154 valence electrons. The first-order valence-corrected chi connectivity index (χ1v) is 12.2. The van der Waals surface area contributed by atoms with Crippen molar-refractivity contribution in [2.24, 2.45) is 0 Å². The maximum absolute atomic E-state index is 11.5. The van der Waals surface area contributed by atoms with Crippen LogP contribution in [0.3, 0.4) is 0 Å². The molecule has 9 heteroatoms. The summed E-state index contributed by atoms with van der Waals surface area (Å²) >= 11 is 0. The summed E-state index contributed by atoms with van der Waals surface area (Å²) in [5, 5.41) is 0. The van der Waals surface area contributed by atoms with E-state index in [1.807, 2.05) is 24.3 Å². The molecule has 0 saturated carbocycles. The lowest BCUT2D eigenvalue weighted by atomic mass is 10.1. The standard InChI is InChI=1S/C19H25O7PS/c1-2-3-15-4-9-17(10-5-15)26-18-11-6-16(7-12-18)8-13-19(27(20,21)22)14-28(23,24)25/h4-7,9-12,19H,2-3,8,13-14H2,1H3,(H2,20,21,22)(H,23,24,25). The summed E-state index contributed by atoms with van der Waals surface area (Å²) in [6.45, 7) is 2.12. The molecule has 2 aromatic rings. The molecule has 0 radical (unpaired) electrons. The molecular formula is C19H25O7PS. The maximum atomic E-state index is 11.5. The quantitative estimate of drug-likeness (QED) is 0.389. The summed E-state index contributed by atoms with van der Waals surface area (Å²) in [7, 11) is -9.11. The zero-order valence-corrected chi connectivity index (χ0v) is 17.3. The first kappa shape index (κ1) is 22.6. The Morgan fingerprint density at radius 1 is 0.929 bits per heavy atom. The minimum absolute atomic E-state index is 0.0663. The molecule has 0 aliphatic rings. The molecule has 2 rings (SSSR count). The summed E-state index contributed by atoms with van der Waals surface area (Å²) in [5.74, 6) is 0.366. The first-order chi connectivity index (χ1) is 13.1. The zero-order chi connectivity index (χ0) is 20.8. The highest BCUT2D eigenvalue weighted by Gasteiger charge is 2.32. The first-order valence-electron chi connectivity index (χ1n) is 8.93. The fourth-order valence-corrected chi connectivity index (χ4v) is 5.26. The Labute approximate surface area is 165 Å². The third-order valence-electron chi connectivity index (χ3n) is 4.27. The number of hydrogen-bond acceptors (Lipinski definition) is 4. The van der Waals surface area contributed by atoms with Crippen molar-refractivity contribution in [3.8, 4) is 11.5 Å². The lowest BCUT2D eigenvalue weighted by molar-refractivity contribution is 0.356. The Balaban J connectivity index is 1.97. The normalized spacial score (nSPS) is 13.3. The SMILES string of the molecule is CCCc1ccc(Oc2ccc(CCC(CS(=O)(=O)O)P(=O)(O)O)cc2)cc1. The summed E-state index contributed by atoms with van der Waals surface area (Å²) < 4.78 is 48.1. The minimum atomic E-state index is -4.64. The molecule has 0 amide bonds. The van der Waals surface area contributed by atoms with Gasteiger partial charge in [-0.2, -0.15) is 8.42 Å². The lowest BCUT2D eigenvalue weighted by Crippen LogP contribution is -2.21. The molecule has 0 spiro atoms. The highest BCUT2D eigenvalue weighted by molar-refractivity contribution is 7.86. The average Bonchev–Trinajstić information content (AvgIpc) is 2.60. The van der Waals surface area contributed by atoms with Gasteiger partial charge in [0.05, 0.1) is 11.4 Å². The minimum Gasteiger partial charge on any atom is -0.457 e. The van der Waals surface area contributed by atoms with Crippen molar-refractivity contribution in [1.29, 1.82) is 0 Å². The smallest absolute Gasteiger partial charge is 0.329 e. The van der Waals surface area contributed by atoms with Gasteiger partial charge in [-0.05, 0) is 54.7 Å². The Morgan fingerprint density at radius 2 is 1.39 bits per heavy atom. The Bertz CT molecular complexity index is 902. The molecule has 0 aliphatic heterocycles. The van der Waals surface area contributed by atoms with Crippen LogP contribution < -0.4 is 4.74 Å². The van der Waals surface area contributed by atoms with E-state index in [4.69, 9.17) is 9.29 Å². The number of rotatable bonds is 10. The van der Waals surface area contributed by atoms with Crippen molar-refractivity contribution in [3.05, 3.63) is 59.7 Å². The van der Waals surface area contributed by atoms with Crippen LogP contribution >= 0.6 is 7.60 Å². The molecule has 0 saturated heterocycles. The van der Waals surface area contributed by atoms with Gasteiger partial charge >= 0.3 is 7.60 Å². The lowest BCUT2D eigenvalue weighted by Gasteiger charge is -2.17. The van der Waals surface area contributed by atoms with Gasteiger partial charge in [0.15, 0.2) is 0 Å². The van der Waals surface area contributed by atoms with Crippen molar-refractivity contribution in [2.45, 2.75) is 38.3 Å².